The van der Waals surface area contributed by atoms with Crippen LogP contribution in [0.2, 0.25) is 0 Å². The first kappa shape index (κ1) is 14.1. The predicted octanol–water partition coefficient (Wildman–Crippen LogP) is 2.86. The summed E-state index contributed by atoms with van der Waals surface area (Å²) in [5.74, 6) is 0.766. The van der Waals surface area contributed by atoms with Crippen molar-refractivity contribution in [1.29, 1.82) is 0 Å². The molecular weight excluding hydrogens is 308 g/mol. The number of ether oxygens (including phenoxy) is 1. The molecule has 0 spiro atoms. The van der Waals surface area contributed by atoms with Crippen molar-refractivity contribution in [2.75, 3.05) is 7.11 Å². The molecule has 1 N–H and O–H groups in total. The first-order chi connectivity index (χ1) is 9.11. The van der Waals surface area contributed by atoms with E-state index in [4.69, 9.17) is 4.74 Å². The molecule has 0 bridgehead atoms. The number of halogens is 1. The molecule has 2 aromatic rings. The monoisotopic (exact) mass is 324 g/mol. The molecule has 1 aromatic carbocycles. The zero-order valence-electron chi connectivity index (χ0n) is 11.0. The summed E-state index contributed by atoms with van der Waals surface area (Å²) in [5.41, 5.74) is 2.00. The van der Waals surface area contributed by atoms with Crippen LogP contribution >= 0.6 is 15.9 Å². The van der Waals surface area contributed by atoms with E-state index in [1.807, 2.05) is 36.0 Å². The molecular formula is C14H17BrN2O2. The Labute approximate surface area is 121 Å². The molecule has 1 heterocycles. The van der Waals surface area contributed by atoms with Crippen LogP contribution < -0.4 is 4.74 Å². The van der Waals surface area contributed by atoms with Crippen LogP contribution in [0.1, 0.15) is 23.8 Å². The van der Waals surface area contributed by atoms with Gasteiger partial charge in [0.15, 0.2) is 0 Å². The number of nitrogens with zero attached hydrogens (tertiary/aromatic N) is 2. The summed E-state index contributed by atoms with van der Waals surface area (Å²) in [4.78, 5) is 0. The molecule has 0 fully saturated rings. The Morgan fingerprint density at radius 3 is 2.79 bits per heavy atom. The summed E-state index contributed by atoms with van der Waals surface area (Å²) in [6, 6.07) is 7.60. The molecule has 5 heteroatoms. The Kier molecular flexibility index (Phi) is 4.61. The van der Waals surface area contributed by atoms with E-state index in [2.05, 4.69) is 21.0 Å². The predicted molar refractivity (Wildman–Crippen MR) is 77.2 cm³/mol. The summed E-state index contributed by atoms with van der Waals surface area (Å²) < 4.78 is 7.86. The molecule has 0 aliphatic carbocycles. The highest BCUT2D eigenvalue weighted by atomic mass is 79.9. The number of aromatic nitrogens is 2. The van der Waals surface area contributed by atoms with Crippen molar-refractivity contribution in [1.82, 2.24) is 9.78 Å². The third kappa shape index (κ3) is 3.36. The van der Waals surface area contributed by atoms with E-state index in [1.165, 1.54) is 0 Å². The van der Waals surface area contributed by atoms with Gasteiger partial charge in [-0.1, -0.05) is 6.07 Å². The van der Waals surface area contributed by atoms with Gasteiger partial charge in [-0.3, -0.25) is 4.68 Å². The molecule has 1 atom stereocenters. The van der Waals surface area contributed by atoms with Crippen molar-refractivity contribution in [3.05, 3.63) is 46.2 Å². The Bertz CT molecular complexity index is 554. The van der Waals surface area contributed by atoms with E-state index in [9.17, 15) is 5.11 Å². The summed E-state index contributed by atoms with van der Waals surface area (Å²) in [6.45, 7) is 0. The van der Waals surface area contributed by atoms with E-state index in [1.54, 1.807) is 13.3 Å². The highest BCUT2D eigenvalue weighted by molar-refractivity contribution is 9.10. The lowest BCUT2D eigenvalue weighted by Crippen LogP contribution is -2.03. The number of benzene rings is 1. The zero-order chi connectivity index (χ0) is 13.8. The van der Waals surface area contributed by atoms with Crippen molar-refractivity contribution in [3.8, 4) is 5.75 Å². The van der Waals surface area contributed by atoms with Gasteiger partial charge in [0.1, 0.15) is 5.75 Å². The second-order valence-corrected chi connectivity index (χ2v) is 5.25. The number of hydrogen-bond donors (Lipinski definition) is 1. The van der Waals surface area contributed by atoms with Crippen LogP contribution in [0.3, 0.4) is 0 Å². The topological polar surface area (TPSA) is 47.3 Å². The molecule has 1 aromatic heterocycles. The quantitative estimate of drug-likeness (QED) is 0.919. The summed E-state index contributed by atoms with van der Waals surface area (Å²) in [7, 11) is 3.53. The van der Waals surface area contributed by atoms with E-state index >= 15 is 0 Å². The average Bonchev–Trinajstić information content (AvgIpc) is 2.81. The van der Waals surface area contributed by atoms with Gasteiger partial charge < -0.3 is 9.84 Å². The maximum atomic E-state index is 10.2. The van der Waals surface area contributed by atoms with Crippen LogP contribution in [0.25, 0.3) is 0 Å². The molecule has 1 unspecified atom stereocenters. The van der Waals surface area contributed by atoms with Gasteiger partial charge in [0.2, 0.25) is 0 Å². The average molecular weight is 325 g/mol. The maximum absolute atomic E-state index is 10.2. The number of hydrogen-bond acceptors (Lipinski definition) is 3. The van der Waals surface area contributed by atoms with Crippen LogP contribution in [0.4, 0.5) is 0 Å². The van der Waals surface area contributed by atoms with Crippen LogP contribution in [0.5, 0.6) is 5.75 Å². The van der Waals surface area contributed by atoms with Crippen molar-refractivity contribution in [2.45, 2.75) is 18.9 Å². The number of aliphatic hydroxyl groups is 1. The van der Waals surface area contributed by atoms with Crippen molar-refractivity contribution in [2.24, 2.45) is 7.05 Å². The lowest BCUT2D eigenvalue weighted by atomic mass is 10.0. The second kappa shape index (κ2) is 6.21. The molecule has 19 heavy (non-hydrogen) atoms. The minimum Gasteiger partial charge on any atom is -0.496 e. The Hall–Kier alpha value is -1.33. The van der Waals surface area contributed by atoms with Gasteiger partial charge >= 0.3 is 0 Å². The van der Waals surface area contributed by atoms with Crippen molar-refractivity contribution in [3.63, 3.8) is 0 Å². The van der Waals surface area contributed by atoms with Gasteiger partial charge in [0.05, 0.1) is 17.7 Å². The highest BCUT2D eigenvalue weighted by Crippen LogP contribution is 2.29. The van der Waals surface area contributed by atoms with E-state index in [0.29, 0.717) is 6.42 Å². The van der Waals surface area contributed by atoms with Gasteiger partial charge in [0.25, 0.3) is 0 Å². The Morgan fingerprint density at radius 1 is 1.42 bits per heavy atom. The van der Waals surface area contributed by atoms with E-state index in [-0.39, 0.29) is 0 Å². The lowest BCUT2D eigenvalue weighted by molar-refractivity contribution is 0.167. The first-order valence-electron chi connectivity index (χ1n) is 6.10. The van der Waals surface area contributed by atoms with Crippen molar-refractivity contribution >= 4 is 15.9 Å². The standard InChI is InChI=1S/C14H17BrN2O2/c1-17-11(7-8-16-17)4-5-13(18)10-3-6-14(19-2)12(15)9-10/h3,6-9,13,18H,4-5H2,1-2H3. The molecule has 0 radical (unpaired) electrons. The Balaban J connectivity index is 2.02. The fraction of sp³-hybridized carbons (Fsp3) is 0.357. The summed E-state index contributed by atoms with van der Waals surface area (Å²) in [5, 5.41) is 14.3. The number of aryl methyl sites for hydroxylation is 2. The summed E-state index contributed by atoms with van der Waals surface area (Å²) >= 11 is 3.43. The van der Waals surface area contributed by atoms with Gasteiger partial charge in [-0.25, -0.2) is 0 Å². The normalized spacial score (nSPS) is 12.4. The van der Waals surface area contributed by atoms with Gasteiger partial charge in [-0.05, 0) is 52.5 Å². The third-order valence-electron chi connectivity index (χ3n) is 3.16. The molecule has 4 nitrogen and oxygen atoms in total. The molecule has 0 aliphatic rings. The SMILES string of the molecule is COc1ccc(C(O)CCc2ccnn2C)cc1Br. The fourth-order valence-electron chi connectivity index (χ4n) is 1.99. The Morgan fingerprint density at radius 2 is 2.21 bits per heavy atom. The summed E-state index contributed by atoms with van der Waals surface area (Å²) in [6.07, 6.45) is 2.74. The van der Waals surface area contributed by atoms with E-state index in [0.717, 1.165) is 27.9 Å². The largest absolute Gasteiger partial charge is 0.496 e. The first-order valence-corrected chi connectivity index (χ1v) is 6.89. The van der Waals surface area contributed by atoms with Crippen LogP contribution in [-0.4, -0.2) is 22.0 Å². The highest BCUT2D eigenvalue weighted by Gasteiger charge is 2.11. The van der Waals surface area contributed by atoms with Gasteiger partial charge in [0, 0.05) is 18.9 Å². The fourth-order valence-corrected chi connectivity index (χ4v) is 2.55. The maximum Gasteiger partial charge on any atom is 0.133 e. The van der Waals surface area contributed by atoms with Gasteiger partial charge in [-0.15, -0.1) is 0 Å². The number of methoxy groups -OCH3 is 1. The van der Waals surface area contributed by atoms with Crippen LogP contribution in [-0.2, 0) is 13.5 Å². The molecule has 102 valence electrons. The molecule has 0 saturated heterocycles. The third-order valence-corrected chi connectivity index (χ3v) is 3.78. The van der Waals surface area contributed by atoms with Crippen molar-refractivity contribution < 1.29 is 9.84 Å². The zero-order valence-corrected chi connectivity index (χ0v) is 12.6. The number of aliphatic hydroxyl groups excluding tert-OH is 1. The molecule has 2 rings (SSSR count). The molecule has 0 saturated carbocycles. The second-order valence-electron chi connectivity index (χ2n) is 4.39. The minimum absolute atomic E-state index is 0.489. The van der Waals surface area contributed by atoms with E-state index < -0.39 is 6.10 Å². The smallest absolute Gasteiger partial charge is 0.133 e. The lowest BCUT2D eigenvalue weighted by Gasteiger charge is -2.13. The van der Waals surface area contributed by atoms with Crippen LogP contribution in [0, 0.1) is 0 Å². The molecule has 0 amide bonds. The minimum atomic E-state index is -0.489. The van der Waals surface area contributed by atoms with Gasteiger partial charge in [-0.2, -0.15) is 5.10 Å². The van der Waals surface area contributed by atoms with Crippen LogP contribution in [0.15, 0.2) is 34.9 Å². The number of rotatable bonds is 5. The molecule has 0 aliphatic heterocycles.